The molecule has 10 heteroatoms. The molecule has 2 aromatic heterocycles. The Balaban J connectivity index is 1.31. The Hall–Kier alpha value is -2.46. The van der Waals surface area contributed by atoms with Gasteiger partial charge in [-0.3, -0.25) is 9.58 Å². The van der Waals surface area contributed by atoms with Gasteiger partial charge in [-0.1, -0.05) is 17.3 Å². The smallest absolute Gasteiger partial charge is 0.377 e. The number of rotatable bonds is 4. The normalized spacial score (nSPS) is 20.5. The monoisotopic (exact) mass is 421 g/mol. The van der Waals surface area contributed by atoms with Crippen molar-refractivity contribution in [3.8, 4) is 11.4 Å². The number of aromatic nitrogens is 4. The summed E-state index contributed by atoms with van der Waals surface area (Å²) in [5.41, 5.74) is 1.81. The molecule has 0 saturated carbocycles. The van der Waals surface area contributed by atoms with Crippen LogP contribution in [0.15, 0.2) is 28.9 Å². The maximum atomic E-state index is 12.9. The van der Waals surface area contributed by atoms with Crippen LogP contribution in [0.5, 0.6) is 0 Å². The minimum absolute atomic E-state index is 0.0238. The van der Waals surface area contributed by atoms with Crippen LogP contribution in [0.2, 0.25) is 0 Å². The lowest BCUT2D eigenvalue weighted by molar-refractivity contribution is -0.181. The third-order valence-corrected chi connectivity index (χ3v) is 6.16. The average molecular weight is 421 g/mol. The third kappa shape index (κ3) is 3.47. The van der Waals surface area contributed by atoms with Crippen LogP contribution in [0.3, 0.4) is 0 Å². The number of piperidine rings is 1. The van der Waals surface area contributed by atoms with Crippen molar-refractivity contribution in [3.05, 3.63) is 30.3 Å². The van der Waals surface area contributed by atoms with Gasteiger partial charge >= 0.3 is 6.18 Å². The molecule has 7 nitrogen and oxygen atoms in total. The van der Waals surface area contributed by atoms with Crippen LogP contribution in [-0.2, 0) is 4.74 Å². The molecule has 2 aliphatic rings. The summed E-state index contributed by atoms with van der Waals surface area (Å²) in [5.74, 6) is 0.949. The van der Waals surface area contributed by atoms with Crippen molar-refractivity contribution in [1.82, 2.24) is 24.8 Å². The second-order valence-electron chi connectivity index (χ2n) is 8.04. The van der Waals surface area contributed by atoms with Crippen LogP contribution < -0.4 is 0 Å². The molecule has 0 radical (unpaired) electrons. The fraction of sp³-hybridized carbons (Fsp3) is 0.550. The van der Waals surface area contributed by atoms with E-state index in [9.17, 15) is 13.2 Å². The van der Waals surface area contributed by atoms with Crippen molar-refractivity contribution >= 4 is 10.9 Å². The quantitative estimate of drug-likeness (QED) is 0.639. The van der Waals surface area contributed by atoms with Crippen molar-refractivity contribution < 1.29 is 22.4 Å². The lowest BCUT2D eigenvalue weighted by atomic mass is 9.95. The molecule has 2 fully saturated rings. The van der Waals surface area contributed by atoms with Gasteiger partial charge in [-0.05, 0) is 38.9 Å². The fourth-order valence-electron chi connectivity index (χ4n) is 4.09. The molecule has 30 heavy (non-hydrogen) atoms. The Morgan fingerprint density at radius 2 is 1.93 bits per heavy atom. The van der Waals surface area contributed by atoms with Gasteiger partial charge in [-0.25, -0.2) is 0 Å². The molecule has 1 aromatic carbocycles. The number of likely N-dealkylation sites (tertiary alicyclic amines) is 1. The van der Waals surface area contributed by atoms with E-state index < -0.39 is 12.2 Å². The summed E-state index contributed by atoms with van der Waals surface area (Å²) < 4.78 is 51.5. The van der Waals surface area contributed by atoms with Crippen molar-refractivity contribution in [2.24, 2.45) is 0 Å². The third-order valence-electron chi connectivity index (χ3n) is 6.16. The first-order chi connectivity index (χ1) is 14.4. The Morgan fingerprint density at radius 1 is 1.17 bits per heavy atom. The largest absolute Gasteiger partial charge is 0.403 e. The Bertz CT molecular complexity index is 1030. The van der Waals surface area contributed by atoms with Gasteiger partial charge in [-0.2, -0.15) is 23.3 Å². The van der Waals surface area contributed by atoms with Crippen LogP contribution in [0, 0.1) is 0 Å². The molecule has 1 unspecified atom stereocenters. The molecule has 2 saturated heterocycles. The number of hydrogen-bond acceptors (Lipinski definition) is 6. The Morgan fingerprint density at radius 3 is 2.60 bits per heavy atom. The first kappa shape index (κ1) is 19.5. The molecule has 160 valence electrons. The highest BCUT2D eigenvalue weighted by Gasteiger charge is 2.41. The maximum Gasteiger partial charge on any atom is 0.403 e. The zero-order valence-electron chi connectivity index (χ0n) is 16.5. The second-order valence-corrected chi connectivity index (χ2v) is 8.04. The van der Waals surface area contributed by atoms with Gasteiger partial charge in [0.1, 0.15) is 6.04 Å². The van der Waals surface area contributed by atoms with Gasteiger partial charge < -0.3 is 9.26 Å². The predicted octanol–water partition coefficient (Wildman–Crippen LogP) is 3.79. The van der Waals surface area contributed by atoms with Crippen molar-refractivity contribution in [1.29, 1.82) is 0 Å². The van der Waals surface area contributed by atoms with Crippen LogP contribution >= 0.6 is 0 Å². The van der Waals surface area contributed by atoms with Crippen molar-refractivity contribution in [2.45, 2.75) is 43.9 Å². The predicted molar refractivity (Wildman–Crippen MR) is 102 cm³/mol. The molecule has 0 amide bonds. The lowest BCUT2D eigenvalue weighted by Gasteiger charge is -2.35. The lowest BCUT2D eigenvalue weighted by Crippen LogP contribution is -2.47. The Labute approximate surface area is 170 Å². The molecule has 2 aliphatic heterocycles. The fourth-order valence-corrected chi connectivity index (χ4v) is 4.09. The zero-order chi connectivity index (χ0) is 20.9. The molecule has 1 atom stereocenters. The number of hydrogen-bond donors (Lipinski definition) is 0. The van der Waals surface area contributed by atoms with E-state index in [4.69, 9.17) is 9.26 Å². The molecule has 4 heterocycles. The summed E-state index contributed by atoms with van der Waals surface area (Å²) >= 11 is 0. The highest BCUT2D eigenvalue weighted by Crippen LogP contribution is 2.33. The number of nitrogens with zero attached hydrogens (tertiary/aromatic N) is 5. The van der Waals surface area contributed by atoms with Gasteiger partial charge in [0, 0.05) is 16.9 Å². The first-order valence-corrected chi connectivity index (χ1v) is 10.1. The molecule has 0 N–H and O–H groups in total. The van der Waals surface area contributed by atoms with Gasteiger partial charge in [0.05, 0.1) is 31.0 Å². The molecule has 5 rings (SSSR count). The van der Waals surface area contributed by atoms with E-state index in [0.29, 0.717) is 50.9 Å². The summed E-state index contributed by atoms with van der Waals surface area (Å²) in [7, 11) is 0. The van der Waals surface area contributed by atoms with E-state index in [1.165, 1.54) is 11.8 Å². The van der Waals surface area contributed by atoms with E-state index in [-0.39, 0.29) is 12.0 Å². The van der Waals surface area contributed by atoms with Crippen LogP contribution in [0.4, 0.5) is 13.2 Å². The highest BCUT2D eigenvalue weighted by atomic mass is 19.4. The Kier molecular flexibility index (Phi) is 4.78. The minimum Gasteiger partial charge on any atom is -0.377 e. The standard InChI is InChI=1S/C20H22F3N5O2/c1-12(20(21,22)23)27-6-4-13(5-7-27)19-25-18(26-30-19)14-2-3-15-9-24-28(17(15)8-14)16-10-29-11-16/h2-3,8-9,12-13,16H,4-7,10-11H2,1H3. The van der Waals surface area contributed by atoms with Gasteiger partial charge in [0.15, 0.2) is 0 Å². The topological polar surface area (TPSA) is 69.2 Å². The van der Waals surface area contributed by atoms with E-state index in [1.807, 2.05) is 29.1 Å². The summed E-state index contributed by atoms with van der Waals surface area (Å²) in [5, 5.41) is 9.61. The number of benzene rings is 1. The molecule has 0 spiro atoms. The second kappa shape index (κ2) is 7.35. The van der Waals surface area contributed by atoms with E-state index in [2.05, 4.69) is 15.2 Å². The van der Waals surface area contributed by atoms with Gasteiger partial charge in [-0.15, -0.1) is 0 Å². The number of alkyl halides is 3. The SMILES string of the molecule is CC(N1CCC(c2nc(-c3ccc4cnn(C5COC5)c4c3)no2)CC1)C(F)(F)F. The van der Waals surface area contributed by atoms with E-state index in [1.54, 1.807) is 0 Å². The van der Waals surface area contributed by atoms with Crippen LogP contribution in [0.25, 0.3) is 22.3 Å². The number of halogens is 3. The molecule has 0 bridgehead atoms. The van der Waals surface area contributed by atoms with Crippen molar-refractivity contribution in [2.75, 3.05) is 26.3 Å². The highest BCUT2D eigenvalue weighted by molar-refractivity contribution is 5.83. The van der Waals surface area contributed by atoms with E-state index >= 15 is 0 Å². The molecule has 3 aromatic rings. The first-order valence-electron chi connectivity index (χ1n) is 10.1. The van der Waals surface area contributed by atoms with Gasteiger partial charge in [0.2, 0.25) is 11.7 Å². The van der Waals surface area contributed by atoms with Crippen LogP contribution in [0.1, 0.15) is 37.6 Å². The zero-order valence-corrected chi connectivity index (χ0v) is 16.5. The summed E-state index contributed by atoms with van der Waals surface area (Å²) in [6.45, 7) is 3.23. The summed E-state index contributed by atoms with van der Waals surface area (Å²) in [6.07, 6.45) is -1.25. The summed E-state index contributed by atoms with van der Waals surface area (Å²) in [6, 6.07) is 4.69. The van der Waals surface area contributed by atoms with Crippen molar-refractivity contribution in [3.63, 3.8) is 0 Å². The van der Waals surface area contributed by atoms with Gasteiger partial charge in [0.25, 0.3) is 0 Å². The van der Waals surface area contributed by atoms with Crippen LogP contribution in [-0.4, -0.2) is 63.3 Å². The average Bonchev–Trinajstić information content (AvgIpc) is 3.33. The molecular formula is C20H22F3N5O2. The summed E-state index contributed by atoms with van der Waals surface area (Å²) in [4.78, 5) is 6.02. The number of fused-ring (bicyclic) bond motifs is 1. The minimum atomic E-state index is -4.21. The number of ether oxygens (including phenoxy) is 1. The maximum absolute atomic E-state index is 12.9. The molecule has 0 aliphatic carbocycles. The molecular weight excluding hydrogens is 399 g/mol. The van der Waals surface area contributed by atoms with E-state index in [0.717, 1.165) is 16.5 Å².